The van der Waals surface area contributed by atoms with Gasteiger partial charge in [0.05, 0.1) is 6.07 Å². The fourth-order valence-corrected chi connectivity index (χ4v) is 1.13. The molecule has 0 spiro atoms. The van der Waals surface area contributed by atoms with Gasteiger partial charge in [-0.3, -0.25) is 4.79 Å². The van der Waals surface area contributed by atoms with Gasteiger partial charge in [-0.05, 0) is 31.2 Å². The Balaban J connectivity index is 2.80. The Morgan fingerprint density at radius 3 is 2.50 bits per heavy atom. The molecule has 2 unspecified atom stereocenters. The summed E-state index contributed by atoms with van der Waals surface area (Å²) in [7, 11) is 0. The zero-order valence-electron chi connectivity index (χ0n) is 8.71. The van der Waals surface area contributed by atoms with E-state index in [-0.39, 0.29) is 0 Å². The third kappa shape index (κ3) is 2.79. The number of hydrogen-bond acceptors (Lipinski definition) is 5. The molecule has 0 bridgehead atoms. The number of nitrogens with one attached hydrogen (secondary N) is 1. The van der Waals surface area contributed by atoms with Crippen LogP contribution < -0.4 is 5.32 Å². The average Bonchev–Trinajstić information content (AvgIpc) is 2.28. The number of nitriles is 1. The smallest absolute Gasteiger partial charge is 0.187 e. The summed E-state index contributed by atoms with van der Waals surface area (Å²) in [6, 6.07) is 7.80. The Kier molecular flexibility index (Phi) is 3.61. The Hall–Kier alpha value is -1.90. The van der Waals surface area contributed by atoms with Gasteiger partial charge in [0.25, 0.3) is 0 Å². The molecule has 84 valence electrons. The number of benzene rings is 1. The highest BCUT2D eigenvalue weighted by Crippen LogP contribution is 2.16. The molecule has 5 nitrogen and oxygen atoms in total. The van der Waals surface area contributed by atoms with Gasteiger partial charge in [0, 0.05) is 11.3 Å². The van der Waals surface area contributed by atoms with Crippen LogP contribution in [0.15, 0.2) is 24.3 Å². The number of rotatable bonds is 4. The van der Waals surface area contributed by atoms with E-state index in [0.29, 0.717) is 17.5 Å². The van der Waals surface area contributed by atoms with Crippen LogP contribution in [0.5, 0.6) is 0 Å². The molecule has 0 aliphatic carbocycles. The highest BCUT2D eigenvalue weighted by molar-refractivity contribution is 5.75. The first-order valence-electron chi connectivity index (χ1n) is 4.63. The maximum Gasteiger partial charge on any atom is 0.187 e. The van der Waals surface area contributed by atoms with E-state index in [4.69, 9.17) is 5.26 Å². The summed E-state index contributed by atoms with van der Waals surface area (Å²) in [5.74, 6) is 0. The molecule has 0 aromatic heterocycles. The Morgan fingerprint density at radius 1 is 1.50 bits per heavy atom. The molecule has 0 saturated carbocycles. The number of hydrogen-bond donors (Lipinski definition) is 3. The van der Waals surface area contributed by atoms with E-state index >= 15 is 0 Å². The van der Waals surface area contributed by atoms with E-state index in [1.54, 1.807) is 24.3 Å². The molecular formula is C11H12N2O3. The van der Waals surface area contributed by atoms with Gasteiger partial charge in [-0.2, -0.15) is 5.26 Å². The monoisotopic (exact) mass is 220 g/mol. The van der Waals surface area contributed by atoms with Crippen molar-refractivity contribution in [1.82, 2.24) is 0 Å². The van der Waals surface area contributed by atoms with Crippen LogP contribution in [0.3, 0.4) is 0 Å². The van der Waals surface area contributed by atoms with Crippen LogP contribution in [0.1, 0.15) is 17.3 Å². The zero-order chi connectivity index (χ0) is 12.2. The molecule has 3 N–H and O–H groups in total. The van der Waals surface area contributed by atoms with Gasteiger partial charge in [0.2, 0.25) is 0 Å². The summed E-state index contributed by atoms with van der Waals surface area (Å²) in [4.78, 5) is 10.4. The molecule has 0 radical (unpaired) electrons. The minimum absolute atomic E-state index is 0.505. The topological polar surface area (TPSA) is 93.3 Å². The fourth-order valence-electron chi connectivity index (χ4n) is 1.13. The first-order valence-corrected chi connectivity index (χ1v) is 4.63. The number of carbonyl (C=O) groups is 1. The van der Waals surface area contributed by atoms with E-state index < -0.39 is 11.8 Å². The largest absolute Gasteiger partial charge is 0.374 e. The van der Waals surface area contributed by atoms with Crippen LogP contribution in [0.4, 0.5) is 5.69 Å². The van der Waals surface area contributed by atoms with Crippen LogP contribution in [0, 0.1) is 11.3 Å². The number of aliphatic hydroxyl groups is 2. The molecule has 0 fully saturated rings. The minimum atomic E-state index is -1.74. The molecule has 0 heterocycles. The van der Waals surface area contributed by atoms with Crippen molar-refractivity contribution in [1.29, 1.82) is 5.26 Å². The lowest BCUT2D eigenvalue weighted by atomic mass is 10.1. The number of aliphatic hydroxyl groups excluding tert-OH is 1. The van der Waals surface area contributed by atoms with Crippen LogP contribution in [-0.2, 0) is 0 Å². The molecule has 5 heteroatoms. The van der Waals surface area contributed by atoms with Crippen molar-refractivity contribution in [2.24, 2.45) is 0 Å². The second kappa shape index (κ2) is 4.75. The van der Waals surface area contributed by atoms with Gasteiger partial charge in [0.1, 0.15) is 6.29 Å². The molecular weight excluding hydrogens is 208 g/mol. The van der Waals surface area contributed by atoms with Gasteiger partial charge in [-0.15, -0.1) is 0 Å². The lowest BCUT2D eigenvalue weighted by Crippen LogP contribution is -2.45. The van der Waals surface area contributed by atoms with Crippen molar-refractivity contribution in [3.05, 3.63) is 29.8 Å². The molecule has 1 aromatic carbocycles. The molecule has 16 heavy (non-hydrogen) atoms. The van der Waals surface area contributed by atoms with Gasteiger partial charge in [-0.1, -0.05) is 0 Å². The van der Waals surface area contributed by atoms with Gasteiger partial charge >= 0.3 is 0 Å². The van der Waals surface area contributed by atoms with Crippen LogP contribution in [-0.4, -0.2) is 28.3 Å². The van der Waals surface area contributed by atoms with Crippen molar-refractivity contribution in [2.75, 3.05) is 5.32 Å². The second-order valence-corrected chi connectivity index (χ2v) is 3.54. The molecule has 0 amide bonds. The first kappa shape index (κ1) is 12.2. The second-order valence-electron chi connectivity index (χ2n) is 3.54. The Labute approximate surface area is 92.9 Å². The summed E-state index contributed by atoms with van der Waals surface area (Å²) in [5, 5.41) is 30.0. The first-order chi connectivity index (χ1) is 7.49. The number of aldehydes is 1. The normalized spacial score (nSPS) is 15.6. The van der Waals surface area contributed by atoms with Crippen molar-refractivity contribution < 1.29 is 15.0 Å². The molecule has 0 aliphatic rings. The van der Waals surface area contributed by atoms with E-state index in [2.05, 4.69) is 5.32 Å². The van der Waals surface area contributed by atoms with E-state index in [1.807, 2.05) is 0 Å². The van der Waals surface area contributed by atoms with Crippen LogP contribution in [0.2, 0.25) is 0 Å². The maximum atomic E-state index is 10.4. The molecule has 0 aliphatic heterocycles. The average molecular weight is 220 g/mol. The SMILES string of the molecule is CC(O)(Nc1ccc(C=O)cc1)C(O)C#N. The third-order valence-electron chi connectivity index (χ3n) is 2.10. The van der Waals surface area contributed by atoms with E-state index in [0.717, 1.165) is 0 Å². The number of anilines is 1. The summed E-state index contributed by atoms with van der Waals surface area (Å²) < 4.78 is 0. The summed E-state index contributed by atoms with van der Waals surface area (Å²) in [6.45, 7) is 1.29. The van der Waals surface area contributed by atoms with Crippen LogP contribution in [0.25, 0.3) is 0 Å². The van der Waals surface area contributed by atoms with Crippen LogP contribution >= 0.6 is 0 Å². The summed E-state index contributed by atoms with van der Waals surface area (Å²) in [5.41, 5.74) is -0.729. The zero-order valence-corrected chi connectivity index (χ0v) is 8.71. The lowest BCUT2D eigenvalue weighted by molar-refractivity contribution is -0.0111. The van der Waals surface area contributed by atoms with Gasteiger partial charge in [-0.25, -0.2) is 0 Å². The maximum absolute atomic E-state index is 10.4. The molecule has 0 saturated heterocycles. The van der Waals surface area contributed by atoms with Gasteiger partial charge in [0.15, 0.2) is 11.8 Å². The Bertz CT molecular complexity index is 406. The summed E-state index contributed by atoms with van der Waals surface area (Å²) in [6.07, 6.45) is -0.843. The van der Waals surface area contributed by atoms with Crippen molar-refractivity contribution in [2.45, 2.75) is 18.8 Å². The number of nitrogens with zero attached hydrogens (tertiary/aromatic N) is 1. The fraction of sp³-hybridized carbons (Fsp3) is 0.273. The Morgan fingerprint density at radius 2 is 2.06 bits per heavy atom. The summed E-state index contributed by atoms with van der Waals surface area (Å²) >= 11 is 0. The standard InChI is InChI=1S/C11H12N2O3/c1-11(16,10(15)6-12)13-9-4-2-8(7-14)3-5-9/h2-5,7,10,13,15-16H,1H3. The highest BCUT2D eigenvalue weighted by Gasteiger charge is 2.29. The molecule has 2 atom stereocenters. The highest BCUT2D eigenvalue weighted by atomic mass is 16.4. The number of carbonyl (C=O) groups excluding carboxylic acids is 1. The van der Waals surface area contributed by atoms with E-state index in [9.17, 15) is 15.0 Å². The predicted molar refractivity (Wildman–Crippen MR) is 57.7 cm³/mol. The van der Waals surface area contributed by atoms with Crippen molar-refractivity contribution in [3.63, 3.8) is 0 Å². The van der Waals surface area contributed by atoms with Crippen molar-refractivity contribution in [3.8, 4) is 6.07 Å². The predicted octanol–water partition coefficient (Wildman–Crippen LogP) is 0.504. The van der Waals surface area contributed by atoms with Gasteiger partial charge < -0.3 is 15.5 Å². The third-order valence-corrected chi connectivity index (χ3v) is 2.10. The minimum Gasteiger partial charge on any atom is -0.374 e. The van der Waals surface area contributed by atoms with Crippen molar-refractivity contribution >= 4 is 12.0 Å². The van der Waals surface area contributed by atoms with E-state index in [1.165, 1.54) is 13.0 Å². The lowest BCUT2D eigenvalue weighted by Gasteiger charge is -2.27. The molecule has 1 rings (SSSR count). The quantitative estimate of drug-likeness (QED) is 0.390. The molecule has 1 aromatic rings.